The van der Waals surface area contributed by atoms with E-state index in [1.165, 1.54) is 0 Å². The van der Waals surface area contributed by atoms with Crippen molar-refractivity contribution < 1.29 is 0 Å². The average Bonchev–Trinajstić information content (AvgIpc) is 3.15. The van der Waals surface area contributed by atoms with Crippen molar-refractivity contribution in [1.82, 2.24) is 29.0 Å². The van der Waals surface area contributed by atoms with E-state index in [1.807, 2.05) is 42.6 Å². The van der Waals surface area contributed by atoms with Crippen LogP contribution in [-0.2, 0) is 7.05 Å². The van der Waals surface area contributed by atoms with Gasteiger partial charge in [0.15, 0.2) is 0 Å². The molecule has 0 aliphatic carbocycles. The maximum atomic E-state index is 13.4. The third kappa shape index (κ3) is 3.34. The van der Waals surface area contributed by atoms with E-state index in [1.54, 1.807) is 34.8 Å². The number of imidazole rings is 1. The Kier molecular flexibility index (Phi) is 4.88. The zero-order valence-corrected chi connectivity index (χ0v) is 19.2. The van der Waals surface area contributed by atoms with Gasteiger partial charge in [0.1, 0.15) is 5.82 Å². The summed E-state index contributed by atoms with van der Waals surface area (Å²) in [4.78, 5) is 31.5. The lowest BCUT2D eigenvalue weighted by Gasteiger charge is -2.33. The molecular formula is C26H25N7O. The zero-order valence-electron chi connectivity index (χ0n) is 19.2. The molecule has 0 saturated carbocycles. The lowest BCUT2D eigenvalue weighted by molar-refractivity contribution is 0.312. The van der Waals surface area contributed by atoms with Gasteiger partial charge in [0.05, 0.1) is 34.6 Å². The molecule has 0 bridgehead atoms. The van der Waals surface area contributed by atoms with Gasteiger partial charge in [-0.1, -0.05) is 12.1 Å². The van der Waals surface area contributed by atoms with Crippen molar-refractivity contribution in [2.24, 2.45) is 7.05 Å². The van der Waals surface area contributed by atoms with E-state index >= 15 is 0 Å². The molecule has 4 aromatic heterocycles. The largest absolute Gasteiger partial charge is 0.354 e. The number of rotatable bonds is 3. The Morgan fingerprint density at radius 1 is 0.853 bits per heavy atom. The lowest BCUT2D eigenvalue weighted by atomic mass is 10.0. The number of aromatic nitrogens is 5. The summed E-state index contributed by atoms with van der Waals surface area (Å²) in [5, 5.41) is 0.916. The average molecular weight is 452 g/mol. The first kappa shape index (κ1) is 20.6. The van der Waals surface area contributed by atoms with Crippen molar-refractivity contribution in [3.8, 4) is 16.8 Å². The molecule has 0 spiro atoms. The van der Waals surface area contributed by atoms with E-state index in [2.05, 4.69) is 32.9 Å². The highest BCUT2D eigenvalue weighted by atomic mass is 16.1. The fourth-order valence-corrected chi connectivity index (χ4v) is 4.68. The first-order valence-corrected chi connectivity index (χ1v) is 11.4. The number of hydrogen-bond acceptors (Lipinski definition) is 6. The number of hydrogen-bond donors (Lipinski definition) is 0. The van der Waals surface area contributed by atoms with Crippen LogP contribution in [0.3, 0.4) is 0 Å². The minimum absolute atomic E-state index is 0.120. The van der Waals surface area contributed by atoms with Crippen LogP contribution in [0.5, 0.6) is 0 Å². The maximum absolute atomic E-state index is 13.4. The molecule has 1 aliphatic rings. The summed E-state index contributed by atoms with van der Waals surface area (Å²) in [5.41, 5.74) is 5.12. The molecule has 8 nitrogen and oxygen atoms in total. The van der Waals surface area contributed by atoms with Crippen molar-refractivity contribution in [3.63, 3.8) is 0 Å². The van der Waals surface area contributed by atoms with Crippen LogP contribution in [0.15, 0.2) is 72.0 Å². The predicted molar refractivity (Wildman–Crippen MR) is 135 cm³/mol. The molecule has 0 atom stereocenters. The number of benzene rings is 1. The van der Waals surface area contributed by atoms with Crippen LogP contribution in [0, 0.1) is 0 Å². The van der Waals surface area contributed by atoms with Crippen molar-refractivity contribution in [2.45, 2.75) is 0 Å². The first-order valence-electron chi connectivity index (χ1n) is 11.4. The van der Waals surface area contributed by atoms with Crippen LogP contribution in [0.25, 0.3) is 38.8 Å². The SMILES string of the molecule is CN1CCN(c2ccc(-n3c(=O)n(C)c4cnc5ccc(-c6cccnc6)cc5c43)cn2)CC1. The standard InChI is InChI=1S/C26H25N7O/c1-30-10-12-32(13-11-30)24-8-6-20(16-29-24)33-25-21-14-18(19-4-3-9-27-15-19)5-7-22(21)28-17-23(25)31(2)26(33)34/h3-9,14-17H,10-13H2,1-2H3. The van der Waals surface area contributed by atoms with Gasteiger partial charge in [0.2, 0.25) is 0 Å². The van der Waals surface area contributed by atoms with Crippen LogP contribution >= 0.6 is 0 Å². The van der Waals surface area contributed by atoms with Crippen molar-refractivity contribution >= 4 is 27.8 Å². The second kappa shape index (κ2) is 8.07. The number of fused-ring (bicyclic) bond motifs is 3. The molecule has 0 radical (unpaired) electrons. The maximum Gasteiger partial charge on any atom is 0.333 e. The smallest absolute Gasteiger partial charge is 0.333 e. The van der Waals surface area contributed by atoms with Gasteiger partial charge in [-0.3, -0.25) is 19.1 Å². The van der Waals surface area contributed by atoms with Crippen LogP contribution < -0.4 is 10.6 Å². The van der Waals surface area contributed by atoms with Gasteiger partial charge in [-0.15, -0.1) is 0 Å². The molecule has 6 rings (SSSR count). The second-order valence-corrected chi connectivity index (χ2v) is 8.81. The molecule has 1 saturated heterocycles. The minimum Gasteiger partial charge on any atom is -0.354 e. The van der Waals surface area contributed by atoms with E-state index < -0.39 is 0 Å². The van der Waals surface area contributed by atoms with Crippen molar-refractivity contribution in [1.29, 1.82) is 0 Å². The normalized spacial score (nSPS) is 14.8. The Labute approximate surface area is 196 Å². The highest BCUT2D eigenvalue weighted by Gasteiger charge is 2.19. The van der Waals surface area contributed by atoms with Crippen LogP contribution in [0.1, 0.15) is 0 Å². The van der Waals surface area contributed by atoms with Gasteiger partial charge < -0.3 is 9.80 Å². The number of likely N-dealkylation sites (N-methyl/N-ethyl adjacent to an activating group) is 1. The van der Waals surface area contributed by atoms with E-state index in [-0.39, 0.29) is 5.69 Å². The summed E-state index contributed by atoms with van der Waals surface area (Å²) in [6.07, 6.45) is 7.17. The van der Waals surface area contributed by atoms with E-state index in [9.17, 15) is 4.79 Å². The molecular weight excluding hydrogens is 426 g/mol. The lowest BCUT2D eigenvalue weighted by Crippen LogP contribution is -2.44. The van der Waals surface area contributed by atoms with E-state index in [0.29, 0.717) is 0 Å². The Bertz CT molecular complexity index is 1550. The number of nitrogens with zero attached hydrogens (tertiary/aromatic N) is 7. The highest BCUT2D eigenvalue weighted by Crippen LogP contribution is 2.29. The third-order valence-corrected chi connectivity index (χ3v) is 6.70. The monoisotopic (exact) mass is 451 g/mol. The molecule has 5 aromatic rings. The van der Waals surface area contributed by atoms with Crippen molar-refractivity contribution in [2.75, 3.05) is 38.1 Å². The Hall–Kier alpha value is -4.04. The highest BCUT2D eigenvalue weighted by molar-refractivity contribution is 6.04. The van der Waals surface area contributed by atoms with Gasteiger partial charge >= 0.3 is 5.69 Å². The van der Waals surface area contributed by atoms with Gasteiger partial charge in [-0.05, 0) is 42.9 Å². The molecule has 170 valence electrons. The summed E-state index contributed by atoms with van der Waals surface area (Å²) < 4.78 is 3.39. The van der Waals surface area contributed by atoms with Gasteiger partial charge in [0.25, 0.3) is 0 Å². The van der Waals surface area contributed by atoms with Crippen LogP contribution in [0.2, 0.25) is 0 Å². The predicted octanol–water partition coefficient (Wildman–Crippen LogP) is 3.09. The fraction of sp³-hybridized carbons (Fsp3) is 0.231. The Balaban J connectivity index is 1.51. The van der Waals surface area contributed by atoms with Gasteiger partial charge in [-0.2, -0.15) is 0 Å². The quantitative estimate of drug-likeness (QED) is 0.420. The summed E-state index contributed by atoms with van der Waals surface area (Å²) in [6, 6.07) is 14.1. The van der Waals surface area contributed by atoms with Crippen LogP contribution in [-0.4, -0.2) is 62.2 Å². The Morgan fingerprint density at radius 3 is 2.44 bits per heavy atom. The number of aryl methyl sites for hydroxylation is 1. The number of pyridine rings is 3. The van der Waals surface area contributed by atoms with Crippen LogP contribution in [0.4, 0.5) is 5.82 Å². The first-order chi connectivity index (χ1) is 16.6. The molecule has 0 amide bonds. The molecule has 8 heteroatoms. The summed E-state index contributed by atoms with van der Waals surface area (Å²) in [5.74, 6) is 0.940. The third-order valence-electron chi connectivity index (χ3n) is 6.70. The molecule has 0 unspecified atom stereocenters. The molecule has 5 heterocycles. The molecule has 34 heavy (non-hydrogen) atoms. The summed E-state index contributed by atoms with van der Waals surface area (Å²) in [7, 11) is 3.92. The second-order valence-electron chi connectivity index (χ2n) is 8.81. The minimum atomic E-state index is -0.120. The summed E-state index contributed by atoms with van der Waals surface area (Å²) >= 11 is 0. The fourth-order valence-electron chi connectivity index (χ4n) is 4.68. The number of piperazine rings is 1. The summed E-state index contributed by atoms with van der Waals surface area (Å²) in [6.45, 7) is 3.93. The molecule has 0 N–H and O–H groups in total. The van der Waals surface area contributed by atoms with Gasteiger partial charge in [-0.25, -0.2) is 9.78 Å². The number of anilines is 1. The van der Waals surface area contributed by atoms with Gasteiger partial charge in [0, 0.05) is 56.6 Å². The topological polar surface area (TPSA) is 72.1 Å². The van der Waals surface area contributed by atoms with E-state index in [0.717, 1.165) is 70.7 Å². The zero-order chi connectivity index (χ0) is 23.2. The Morgan fingerprint density at radius 2 is 1.71 bits per heavy atom. The molecule has 1 aliphatic heterocycles. The molecule has 1 aromatic carbocycles. The molecule has 1 fully saturated rings. The van der Waals surface area contributed by atoms with Crippen molar-refractivity contribution in [3.05, 3.63) is 77.7 Å². The van der Waals surface area contributed by atoms with E-state index in [4.69, 9.17) is 4.98 Å².